The Morgan fingerprint density at radius 2 is 1.78 bits per heavy atom. The lowest BCUT2D eigenvalue weighted by atomic mass is 10.0. The zero-order valence-electron chi connectivity index (χ0n) is 20.4. The van der Waals surface area contributed by atoms with Crippen LogP contribution in [0, 0.1) is 24.2 Å². The normalized spacial score (nSPS) is 22.5. The van der Waals surface area contributed by atoms with Crippen molar-refractivity contribution >= 4 is 51.7 Å². The van der Waals surface area contributed by atoms with Crippen LogP contribution < -0.4 is 5.32 Å². The molecule has 3 aliphatic rings. The molecule has 10 heteroatoms. The van der Waals surface area contributed by atoms with Gasteiger partial charge in [-0.2, -0.15) is 0 Å². The number of carbonyl (C=O) groups excluding carboxylic acids is 3. The van der Waals surface area contributed by atoms with Gasteiger partial charge in [0.15, 0.2) is 0 Å². The average molecular weight is 526 g/mol. The third-order valence-electron chi connectivity index (χ3n) is 7.70. The van der Waals surface area contributed by atoms with Crippen LogP contribution in [0.3, 0.4) is 0 Å². The van der Waals surface area contributed by atoms with E-state index in [9.17, 15) is 14.4 Å². The van der Waals surface area contributed by atoms with E-state index >= 15 is 0 Å². The SMILES string of the molecule is Cc1ccnc(-c2ccnc3cc(CN4C(=O)C5C(C4=O)C5(C)C)sc23)c1C(=O)N1CCNCC1.Cl. The summed E-state index contributed by atoms with van der Waals surface area (Å²) in [4.78, 5) is 52.5. The number of halogens is 1. The fourth-order valence-corrected chi connectivity index (χ4v) is 6.74. The van der Waals surface area contributed by atoms with Gasteiger partial charge in [0.2, 0.25) is 11.8 Å². The van der Waals surface area contributed by atoms with Crippen molar-refractivity contribution in [1.29, 1.82) is 0 Å². The summed E-state index contributed by atoms with van der Waals surface area (Å²) in [5, 5.41) is 3.29. The number of amides is 3. The lowest BCUT2D eigenvalue weighted by Crippen LogP contribution is -2.46. The van der Waals surface area contributed by atoms with Crippen molar-refractivity contribution in [2.24, 2.45) is 17.3 Å². The minimum absolute atomic E-state index is 0. The molecule has 8 nitrogen and oxygen atoms in total. The number of imide groups is 1. The third kappa shape index (κ3) is 3.72. The van der Waals surface area contributed by atoms with Crippen LogP contribution in [0.5, 0.6) is 0 Å². The maximum atomic E-state index is 13.5. The number of hydrogen-bond acceptors (Lipinski definition) is 7. The first kappa shape index (κ1) is 24.8. The number of rotatable bonds is 4. The lowest BCUT2D eigenvalue weighted by molar-refractivity contribution is -0.143. The minimum Gasteiger partial charge on any atom is -0.336 e. The average Bonchev–Trinajstić information content (AvgIpc) is 3.10. The van der Waals surface area contributed by atoms with E-state index in [1.807, 2.05) is 43.9 Å². The fraction of sp³-hybridized carbons (Fsp3) is 0.423. The van der Waals surface area contributed by atoms with Crippen LogP contribution in [0.15, 0.2) is 30.6 Å². The van der Waals surface area contributed by atoms with Gasteiger partial charge in [0.1, 0.15) is 0 Å². The highest BCUT2D eigenvalue weighted by atomic mass is 35.5. The molecule has 0 radical (unpaired) electrons. The van der Waals surface area contributed by atoms with Crippen LogP contribution in [0.4, 0.5) is 0 Å². The van der Waals surface area contributed by atoms with E-state index in [1.165, 1.54) is 16.2 Å². The summed E-state index contributed by atoms with van der Waals surface area (Å²) in [6.07, 6.45) is 3.46. The van der Waals surface area contributed by atoms with E-state index in [2.05, 4.69) is 15.3 Å². The number of piperidine rings is 1. The highest BCUT2D eigenvalue weighted by Gasteiger charge is 2.72. The summed E-state index contributed by atoms with van der Waals surface area (Å²) in [7, 11) is 0. The number of aryl methyl sites for hydroxylation is 1. The number of piperazine rings is 1. The molecule has 1 aliphatic carbocycles. The van der Waals surface area contributed by atoms with Crippen LogP contribution in [0.25, 0.3) is 21.5 Å². The van der Waals surface area contributed by atoms with Crippen LogP contribution in [-0.4, -0.2) is 63.7 Å². The van der Waals surface area contributed by atoms with Crippen LogP contribution in [0.2, 0.25) is 0 Å². The predicted molar refractivity (Wildman–Crippen MR) is 140 cm³/mol. The number of aromatic nitrogens is 2. The van der Waals surface area contributed by atoms with Gasteiger partial charge in [-0.25, -0.2) is 0 Å². The summed E-state index contributed by atoms with van der Waals surface area (Å²) < 4.78 is 0.902. The molecule has 3 aromatic rings. The second kappa shape index (κ2) is 8.90. The molecule has 2 saturated heterocycles. The summed E-state index contributed by atoms with van der Waals surface area (Å²) in [5.74, 6) is -0.523. The first-order chi connectivity index (χ1) is 16.8. The number of nitrogens with zero attached hydrogens (tertiary/aromatic N) is 4. The Bertz CT molecular complexity index is 1370. The minimum atomic E-state index is -0.219. The van der Waals surface area contributed by atoms with E-state index in [-0.39, 0.29) is 53.9 Å². The molecule has 6 rings (SSSR count). The third-order valence-corrected chi connectivity index (χ3v) is 8.84. The van der Waals surface area contributed by atoms with Crippen molar-refractivity contribution < 1.29 is 14.4 Å². The van der Waals surface area contributed by atoms with Crippen molar-refractivity contribution in [3.05, 3.63) is 46.6 Å². The largest absolute Gasteiger partial charge is 0.336 e. The van der Waals surface area contributed by atoms with Crippen molar-refractivity contribution in [1.82, 2.24) is 25.1 Å². The molecule has 0 bridgehead atoms. The number of pyridine rings is 2. The zero-order valence-corrected chi connectivity index (χ0v) is 22.0. The molecule has 2 unspecified atom stereocenters. The molecule has 3 fully saturated rings. The Labute approximate surface area is 219 Å². The second-order valence-corrected chi connectivity index (χ2v) is 11.4. The van der Waals surface area contributed by atoms with Crippen molar-refractivity contribution in [2.45, 2.75) is 27.3 Å². The van der Waals surface area contributed by atoms with E-state index in [0.717, 1.165) is 39.3 Å². The fourth-order valence-electron chi connectivity index (χ4n) is 5.63. The van der Waals surface area contributed by atoms with Gasteiger partial charge < -0.3 is 10.2 Å². The Balaban J connectivity index is 0.00000267. The number of carbonyl (C=O) groups is 3. The maximum Gasteiger partial charge on any atom is 0.256 e. The standard InChI is InChI=1S/C26H27N5O3S.ClH/c1-14-4-6-29-21(18(14)23(32)30-10-8-27-9-11-30)16-5-7-28-17-12-15(35-22(16)17)13-31-24(33)19-20(25(31)34)26(19,2)3;/h4-7,12,19-20,27H,8-11,13H2,1-3H3;1H. The zero-order chi connectivity index (χ0) is 24.5. The topological polar surface area (TPSA) is 95.5 Å². The predicted octanol–water partition coefficient (Wildman–Crippen LogP) is 3.27. The molecule has 36 heavy (non-hydrogen) atoms. The van der Waals surface area contributed by atoms with Gasteiger partial charge in [-0.1, -0.05) is 13.8 Å². The molecule has 3 amide bonds. The molecule has 2 atom stereocenters. The molecule has 1 saturated carbocycles. The van der Waals surface area contributed by atoms with Crippen LogP contribution in [0.1, 0.15) is 34.6 Å². The molecule has 0 aromatic carbocycles. The van der Waals surface area contributed by atoms with Crippen molar-refractivity contribution in [3.63, 3.8) is 0 Å². The quantitative estimate of drug-likeness (QED) is 0.525. The smallest absolute Gasteiger partial charge is 0.256 e. The molecule has 1 N–H and O–H groups in total. The monoisotopic (exact) mass is 525 g/mol. The summed E-state index contributed by atoms with van der Waals surface area (Å²) in [5.41, 5.74) is 3.54. The van der Waals surface area contributed by atoms with E-state index < -0.39 is 0 Å². The highest BCUT2D eigenvalue weighted by Crippen LogP contribution is 2.63. The molecule has 5 heterocycles. The lowest BCUT2D eigenvalue weighted by Gasteiger charge is -2.28. The Morgan fingerprint density at radius 1 is 1.11 bits per heavy atom. The van der Waals surface area contributed by atoms with E-state index in [4.69, 9.17) is 0 Å². The highest BCUT2D eigenvalue weighted by molar-refractivity contribution is 7.19. The molecule has 2 aliphatic heterocycles. The molecule has 3 aromatic heterocycles. The summed E-state index contributed by atoms with van der Waals surface area (Å²) in [6, 6.07) is 5.70. The first-order valence-corrected chi connectivity index (χ1v) is 12.8. The van der Waals surface area contributed by atoms with Gasteiger partial charge in [0.05, 0.1) is 39.9 Å². The Hall–Kier alpha value is -2.88. The second-order valence-electron chi connectivity index (χ2n) is 10.2. The summed E-state index contributed by atoms with van der Waals surface area (Å²) in [6.45, 7) is 9.06. The molecule has 188 valence electrons. The van der Waals surface area contributed by atoms with Gasteiger partial charge in [-0.05, 0) is 36.1 Å². The number of thiophene rings is 1. The Morgan fingerprint density at radius 3 is 2.47 bits per heavy atom. The Kier molecular flexibility index (Phi) is 6.13. The van der Waals surface area contributed by atoms with Gasteiger partial charge >= 0.3 is 0 Å². The van der Waals surface area contributed by atoms with Gasteiger partial charge in [0.25, 0.3) is 5.91 Å². The van der Waals surface area contributed by atoms with E-state index in [1.54, 1.807) is 12.4 Å². The number of nitrogens with one attached hydrogen (secondary N) is 1. The van der Waals surface area contributed by atoms with Crippen molar-refractivity contribution in [3.8, 4) is 11.3 Å². The van der Waals surface area contributed by atoms with Gasteiger partial charge in [-0.3, -0.25) is 29.3 Å². The first-order valence-electron chi connectivity index (χ1n) is 12.0. The molecular weight excluding hydrogens is 498 g/mol. The number of likely N-dealkylation sites (tertiary alicyclic amines) is 1. The molecule has 0 spiro atoms. The van der Waals surface area contributed by atoms with Crippen LogP contribution >= 0.6 is 23.7 Å². The van der Waals surface area contributed by atoms with Crippen LogP contribution in [-0.2, 0) is 16.1 Å². The van der Waals surface area contributed by atoms with Gasteiger partial charge in [0, 0.05) is 49.0 Å². The van der Waals surface area contributed by atoms with E-state index in [0.29, 0.717) is 24.3 Å². The summed E-state index contributed by atoms with van der Waals surface area (Å²) >= 11 is 1.50. The van der Waals surface area contributed by atoms with Gasteiger partial charge in [-0.15, -0.1) is 23.7 Å². The number of fused-ring (bicyclic) bond motifs is 2. The maximum absolute atomic E-state index is 13.5. The van der Waals surface area contributed by atoms with Crippen molar-refractivity contribution in [2.75, 3.05) is 26.2 Å². The number of hydrogen-bond donors (Lipinski definition) is 1. The molecular formula is C26H28ClN5O3S.